The molecule has 1 aromatic carbocycles. The van der Waals surface area contributed by atoms with Gasteiger partial charge in [0.15, 0.2) is 11.0 Å². The first kappa shape index (κ1) is 19.7. The van der Waals surface area contributed by atoms with Gasteiger partial charge in [0, 0.05) is 18.0 Å². The molecular weight excluding hydrogens is 426 g/mol. The van der Waals surface area contributed by atoms with E-state index in [4.69, 9.17) is 0 Å². The summed E-state index contributed by atoms with van der Waals surface area (Å²) in [6.45, 7) is 4.03. The highest BCUT2D eigenvalue weighted by atomic mass is 32.2. The minimum absolute atomic E-state index is 0.0799. The fourth-order valence-corrected chi connectivity index (χ4v) is 4.94. The Hall–Kier alpha value is -3.23. The summed E-state index contributed by atoms with van der Waals surface area (Å²) in [5, 5.41) is 11.7. The summed E-state index contributed by atoms with van der Waals surface area (Å²) in [6.07, 6.45) is 1.81. The number of rotatable bonds is 5. The van der Waals surface area contributed by atoms with Gasteiger partial charge in [-0.3, -0.25) is 13.8 Å². The molecule has 0 saturated carbocycles. The first-order chi connectivity index (χ1) is 15.1. The van der Waals surface area contributed by atoms with Gasteiger partial charge in [0.05, 0.1) is 16.3 Å². The predicted molar refractivity (Wildman–Crippen MR) is 125 cm³/mol. The van der Waals surface area contributed by atoms with Gasteiger partial charge in [0.25, 0.3) is 5.56 Å². The van der Waals surface area contributed by atoms with Crippen molar-refractivity contribution < 1.29 is 0 Å². The molecule has 0 fully saturated rings. The zero-order valence-electron chi connectivity index (χ0n) is 17.0. The van der Waals surface area contributed by atoms with Crippen LogP contribution in [0.25, 0.3) is 22.0 Å². The number of fused-ring (bicyclic) bond motifs is 1. The molecule has 8 heteroatoms. The fraction of sp³-hybridized carbons (Fsp3) is 0.130. The standard InChI is InChI=1S/C23H19N5OS2/c1-15-5-3-6-18(11-15)28-22(19-7-4-10-30-19)25-26-23(28)31-14-17-12-21(29)27-13-16(2)8-9-20(27)24-17/h3-13H,14H2,1-2H3. The average Bonchev–Trinajstić information content (AvgIpc) is 3.42. The van der Waals surface area contributed by atoms with Gasteiger partial charge in [-0.15, -0.1) is 21.5 Å². The molecule has 0 radical (unpaired) electrons. The van der Waals surface area contributed by atoms with Gasteiger partial charge in [0.2, 0.25) is 0 Å². The van der Waals surface area contributed by atoms with Crippen molar-refractivity contribution in [2.75, 3.05) is 0 Å². The topological polar surface area (TPSA) is 65.1 Å². The monoisotopic (exact) mass is 445 g/mol. The molecule has 0 amide bonds. The maximum atomic E-state index is 12.5. The summed E-state index contributed by atoms with van der Waals surface area (Å²) < 4.78 is 3.65. The quantitative estimate of drug-likeness (QED) is 0.360. The number of pyridine rings is 1. The van der Waals surface area contributed by atoms with Crippen LogP contribution in [0, 0.1) is 13.8 Å². The highest BCUT2D eigenvalue weighted by Gasteiger charge is 2.17. The number of thiophene rings is 1. The van der Waals surface area contributed by atoms with Crippen molar-refractivity contribution >= 4 is 28.7 Å². The maximum Gasteiger partial charge on any atom is 0.258 e. The molecule has 0 aliphatic rings. The van der Waals surface area contributed by atoms with Gasteiger partial charge in [-0.25, -0.2) is 4.98 Å². The summed E-state index contributed by atoms with van der Waals surface area (Å²) in [7, 11) is 0. The van der Waals surface area contributed by atoms with Gasteiger partial charge in [-0.2, -0.15) is 0 Å². The molecule has 5 aromatic rings. The molecule has 4 aromatic heterocycles. The van der Waals surface area contributed by atoms with Gasteiger partial charge >= 0.3 is 0 Å². The second-order valence-electron chi connectivity index (χ2n) is 7.27. The van der Waals surface area contributed by atoms with E-state index < -0.39 is 0 Å². The van der Waals surface area contributed by atoms with Crippen LogP contribution in [0.2, 0.25) is 0 Å². The molecule has 0 N–H and O–H groups in total. The third-order valence-electron chi connectivity index (χ3n) is 4.84. The van der Waals surface area contributed by atoms with Crippen molar-refractivity contribution in [2.45, 2.75) is 24.8 Å². The van der Waals surface area contributed by atoms with E-state index in [-0.39, 0.29) is 5.56 Å². The van der Waals surface area contributed by atoms with E-state index in [1.165, 1.54) is 17.3 Å². The molecule has 0 atom stereocenters. The minimum atomic E-state index is -0.0799. The van der Waals surface area contributed by atoms with Crippen LogP contribution in [0.15, 0.2) is 76.1 Å². The Morgan fingerprint density at radius 1 is 1.00 bits per heavy atom. The second kappa shape index (κ2) is 8.13. The number of hydrogen-bond acceptors (Lipinski definition) is 6. The highest BCUT2D eigenvalue weighted by molar-refractivity contribution is 7.98. The van der Waals surface area contributed by atoms with Gasteiger partial charge in [-0.05, 0) is 54.6 Å². The zero-order valence-corrected chi connectivity index (χ0v) is 18.7. The zero-order chi connectivity index (χ0) is 21.4. The molecule has 6 nitrogen and oxygen atoms in total. The van der Waals surface area contributed by atoms with Crippen molar-refractivity contribution in [3.63, 3.8) is 0 Å². The molecule has 154 valence electrons. The Labute approximate surface area is 187 Å². The Kier molecular flexibility index (Phi) is 5.17. The highest BCUT2D eigenvalue weighted by Crippen LogP contribution is 2.31. The molecular formula is C23H19N5OS2. The van der Waals surface area contributed by atoms with Crippen LogP contribution in [-0.2, 0) is 5.75 Å². The molecule has 0 bridgehead atoms. The van der Waals surface area contributed by atoms with Gasteiger partial charge < -0.3 is 0 Å². The third-order valence-corrected chi connectivity index (χ3v) is 6.67. The molecule has 5 rings (SSSR count). The Balaban J connectivity index is 1.52. The number of benzene rings is 1. The lowest BCUT2D eigenvalue weighted by Crippen LogP contribution is -2.15. The van der Waals surface area contributed by atoms with Crippen molar-refractivity contribution in [1.29, 1.82) is 0 Å². The molecule has 0 aliphatic carbocycles. The predicted octanol–water partition coefficient (Wildman–Crippen LogP) is 4.91. The van der Waals surface area contributed by atoms with Crippen LogP contribution >= 0.6 is 23.1 Å². The first-order valence-corrected chi connectivity index (χ1v) is 11.6. The van der Waals surface area contributed by atoms with Crippen molar-refractivity contribution in [3.05, 3.63) is 93.3 Å². The lowest BCUT2D eigenvalue weighted by Gasteiger charge is -2.10. The summed E-state index contributed by atoms with van der Waals surface area (Å²) in [4.78, 5) is 18.2. The number of thioether (sulfide) groups is 1. The van der Waals surface area contributed by atoms with E-state index in [1.54, 1.807) is 21.8 Å². The largest absolute Gasteiger partial charge is 0.269 e. The Morgan fingerprint density at radius 3 is 2.71 bits per heavy atom. The van der Waals surface area contributed by atoms with Gasteiger partial charge in [0.1, 0.15) is 5.65 Å². The maximum absolute atomic E-state index is 12.5. The number of aryl methyl sites for hydroxylation is 2. The van der Waals surface area contributed by atoms with E-state index >= 15 is 0 Å². The fourth-order valence-electron chi connectivity index (χ4n) is 3.40. The van der Waals surface area contributed by atoms with Crippen LogP contribution in [-0.4, -0.2) is 24.1 Å². The van der Waals surface area contributed by atoms with Crippen molar-refractivity contribution in [1.82, 2.24) is 24.1 Å². The molecule has 0 unspecified atom stereocenters. The lowest BCUT2D eigenvalue weighted by molar-refractivity contribution is 0.884. The van der Waals surface area contributed by atoms with Crippen LogP contribution < -0.4 is 5.56 Å². The number of aromatic nitrogens is 5. The van der Waals surface area contributed by atoms with E-state index in [2.05, 4.69) is 44.9 Å². The summed E-state index contributed by atoms with van der Waals surface area (Å²) in [6, 6.07) is 17.8. The molecule has 0 saturated heterocycles. The smallest absolute Gasteiger partial charge is 0.258 e. The van der Waals surface area contributed by atoms with Crippen LogP contribution in [0.4, 0.5) is 0 Å². The summed E-state index contributed by atoms with van der Waals surface area (Å²) in [5.41, 5.74) is 4.48. The second-order valence-corrected chi connectivity index (χ2v) is 9.16. The first-order valence-electron chi connectivity index (χ1n) is 9.76. The number of nitrogens with zero attached hydrogens (tertiary/aromatic N) is 5. The van der Waals surface area contributed by atoms with E-state index in [1.807, 2.05) is 48.8 Å². The summed E-state index contributed by atoms with van der Waals surface area (Å²) in [5.74, 6) is 1.33. The summed E-state index contributed by atoms with van der Waals surface area (Å²) >= 11 is 3.16. The SMILES string of the molecule is Cc1cccc(-n2c(SCc3cc(=O)n4cc(C)ccc4n3)nnc2-c2cccs2)c1. The van der Waals surface area contributed by atoms with Gasteiger partial charge in [-0.1, -0.05) is 36.0 Å². The van der Waals surface area contributed by atoms with E-state index in [9.17, 15) is 4.79 Å². The molecule has 4 heterocycles. The average molecular weight is 446 g/mol. The Bertz CT molecular complexity index is 1440. The van der Waals surface area contributed by atoms with E-state index in [0.717, 1.165) is 32.8 Å². The van der Waals surface area contributed by atoms with Crippen molar-refractivity contribution in [2.24, 2.45) is 0 Å². The molecule has 0 aliphatic heterocycles. The van der Waals surface area contributed by atoms with Crippen LogP contribution in [0.3, 0.4) is 0 Å². The third kappa shape index (κ3) is 3.92. The normalized spacial score (nSPS) is 11.3. The number of hydrogen-bond donors (Lipinski definition) is 0. The van der Waals surface area contributed by atoms with Crippen LogP contribution in [0.1, 0.15) is 16.8 Å². The van der Waals surface area contributed by atoms with Crippen molar-refractivity contribution in [3.8, 4) is 16.4 Å². The minimum Gasteiger partial charge on any atom is -0.269 e. The Morgan fingerprint density at radius 2 is 1.90 bits per heavy atom. The molecule has 31 heavy (non-hydrogen) atoms. The van der Waals surface area contributed by atoms with E-state index in [0.29, 0.717) is 11.4 Å². The lowest BCUT2D eigenvalue weighted by atomic mass is 10.2. The van der Waals surface area contributed by atoms with Crippen LogP contribution in [0.5, 0.6) is 0 Å². The molecule has 0 spiro atoms.